The molecule has 0 atom stereocenters. The van der Waals surface area contributed by atoms with Crippen molar-refractivity contribution in [2.24, 2.45) is 0 Å². The van der Waals surface area contributed by atoms with Gasteiger partial charge in [0, 0.05) is 30.9 Å². The maximum Gasteiger partial charge on any atom is 0.226 e. The van der Waals surface area contributed by atoms with E-state index >= 15 is 0 Å². The van der Waals surface area contributed by atoms with Crippen molar-refractivity contribution in [1.29, 1.82) is 0 Å². The molecule has 2 aromatic carbocycles. The van der Waals surface area contributed by atoms with E-state index in [1.807, 2.05) is 37.3 Å². The van der Waals surface area contributed by atoms with E-state index in [0.717, 1.165) is 36.4 Å². The Balaban J connectivity index is 1.98. The van der Waals surface area contributed by atoms with Crippen LogP contribution in [0.5, 0.6) is 0 Å². The topological polar surface area (TPSA) is 32.3 Å². The van der Waals surface area contributed by atoms with Gasteiger partial charge in [0.05, 0.1) is 0 Å². The summed E-state index contributed by atoms with van der Waals surface area (Å²) in [5.41, 5.74) is 4.44. The summed E-state index contributed by atoms with van der Waals surface area (Å²) < 4.78 is 0. The second-order valence-corrected chi connectivity index (χ2v) is 5.68. The molecule has 0 aromatic heterocycles. The minimum Gasteiger partial charge on any atom is -0.371 e. The van der Waals surface area contributed by atoms with Gasteiger partial charge in [-0.2, -0.15) is 0 Å². The molecule has 0 radical (unpaired) electrons. The zero-order valence-corrected chi connectivity index (χ0v) is 14.3. The molecule has 0 spiro atoms. The normalized spacial score (nSPS) is 10.4. The van der Waals surface area contributed by atoms with Gasteiger partial charge >= 0.3 is 0 Å². The monoisotopic (exact) mass is 310 g/mol. The average molecular weight is 310 g/mol. The summed E-state index contributed by atoms with van der Waals surface area (Å²) in [6.45, 7) is 7.87. The maximum absolute atomic E-state index is 12.3. The molecule has 122 valence electrons. The number of para-hydroxylation sites is 2. The van der Waals surface area contributed by atoms with Crippen molar-refractivity contribution >= 4 is 17.3 Å². The predicted molar refractivity (Wildman–Crippen MR) is 98.1 cm³/mol. The third kappa shape index (κ3) is 4.59. The van der Waals surface area contributed by atoms with Gasteiger partial charge in [-0.1, -0.05) is 43.3 Å². The summed E-state index contributed by atoms with van der Waals surface area (Å²) in [6, 6.07) is 16.4. The van der Waals surface area contributed by atoms with Crippen LogP contribution in [0.2, 0.25) is 0 Å². The van der Waals surface area contributed by atoms with Crippen LogP contribution in [-0.2, 0) is 11.2 Å². The van der Waals surface area contributed by atoms with Gasteiger partial charge in [0.2, 0.25) is 5.91 Å². The number of aryl methyl sites for hydroxylation is 2. The lowest BCUT2D eigenvalue weighted by molar-refractivity contribution is -0.116. The number of carbonyl (C=O) groups excluding carboxylic acids is 1. The second kappa shape index (κ2) is 8.37. The van der Waals surface area contributed by atoms with Gasteiger partial charge in [-0.05, 0) is 43.5 Å². The number of anilines is 2. The third-order valence-corrected chi connectivity index (χ3v) is 4.12. The highest BCUT2D eigenvalue weighted by atomic mass is 16.1. The van der Waals surface area contributed by atoms with E-state index in [2.05, 4.69) is 42.3 Å². The highest BCUT2D eigenvalue weighted by Gasteiger charge is 2.11. The molecule has 2 rings (SSSR count). The molecule has 0 aliphatic carbocycles. The Morgan fingerprint density at radius 2 is 1.78 bits per heavy atom. The van der Waals surface area contributed by atoms with Gasteiger partial charge in [0.15, 0.2) is 0 Å². The fraction of sp³-hybridized carbons (Fsp3) is 0.350. The van der Waals surface area contributed by atoms with Crippen LogP contribution in [0.1, 0.15) is 31.4 Å². The van der Waals surface area contributed by atoms with Crippen LogP contribution in [0.3, 0.4) is 0 Å². The van der Waals surface area contributed by atoms with E-state index in [1.165, 1.54) is 5.56 Å². The molecule has 0 aliphatic heterocycles. The van der Waals surface area contributed by atoms with E-state index in [1.54, 1.807) is 0 Å². The molecule has 0 aliphatic rings. The lowest BCUT2D eigenvalue weighted by Crippen LogP contribution is -2.27. The Morgan fingerprint density at radius 1 is 1.04 bits per heavy atom. The Labute approximate surface area is 139 Å². The first kappa shape index (κ1) is 17.1. The van der Waals surface area contributed by atoms with Crippen LogP contribution < -0.4 is 10.2 Å². The fourth-order valence-corrected chi connectivity index (χ4v) is 2.75. The Bertz CT molecular complexity index is 637. The quantitative estimate of drug-likeness (QED) is 0.821. The molecule has 0 fully saturated rings. The minimum atomic E-state index is 0.0726. The van der Waals surface area contributed by atoms with Crippen LogP contribution in [-0.4, -0.2) is 19.0 Å². The van der Waals surface area contributed by atoms with E-state index in [-0.39, 0.29) is 5.91 Å². The molecule has 1 amide bonds. The molecule has 0 saturated heterocycles. The van der Waals surface area contributed by atoms with Crippen LogP contribution in [0.25, 0.3) is 0 Å². The fourth-order valence-electron chi connectivity index (χ4n) is 2.75. The summed E-state index contributed by atoms with van der Waals surface area (Å²) in [7, 11) is 0. The standard InChI is InChI=1S/C20H26N2O/c1-4-17-11-9-10-16(3)20(17)21-19(23)14-15-22(5-2)18-12-7-6-8-13-18/h6-13H,4-5,14-15H2,1-3H3,(H,21,23). The van der Waals surface area contributed by atoms with Gasteiger partial charge in [-0.25, -0.2) is 0 Å². The van der Waals surface area contributed by atoms with Gasteiger partial charge in [0.25, 0.3) is 0 Å². The summed E-state index contributed by atoms with van der Waals surface area (Å²) in [4.78, 5) is 14.6. The number of carbonyl (C=O) groups is 1. The molecule has 0 heterocycles. The summed E-state index contributed by atoms with van der Waals surface area (Å²) in [5, 5.41) is 3.10. The number of amides is 1. The maximum atomic E-state index is 12.3. The summed E-state index contributed by atoms with van der Waals surface area (Å²) in [6.07, 6.45) is 1.41. The smallest absolute Gasteiger partial charge is 0.226 e. The highest BCUT2D eigenvalue weighted by molar-refractivity contribution is 5.92. The van der Waals surface area contributed by atoms with Gasteiger partial charge in [0.1, 0.15) is 0 Å². The lowest BCUT2D eigenvalue weighted by atomic mass is 10.1. The number of nitrogens with zero attached hydrogens (tertiary/aromatic N) is 1. The van der Waals surface area contributed by atoms with Gasteiger partial charge in [-0.3, -0.25) is 4.79 Å². The average Bonchev–Trinajstić information content (AvgIpc) is 2.58. The van der Waals surface area contributed by atoms with Gasteiger partial charge < -0.3 is 10.2 Å². The molecule has 3 heteroatoms. The van der Waals surface area contributed by atoms with Crippen molar-refractivity contribution in [2.75, 3.05) is 23.3 Å². The Kier molecular flexibility index (Phi) is 6.21. The third-order valence-electron chi connectivity index (χ3n) is 4.12. The number of rotatable bonds is 7. The van der Waals surface area contributed by atoms with Crippen LogP contribution >= 0.6 is 0 Å². The minimum absolute atomic E-state index is 0.0726. The van der Waals surface area contributed by atoms with Crippen molar-refractivity contribution in [3.05, 3.63) is 59.7 Å². The molecular formula is C20H26N2O. The van der Waals surface area contributed by atoms with Crippen LogP contribution in [0.4, 0.5) is 11.4 Å². The summed E-state index contributed by atoms with van der Waals surface area (Å²) in [5.74, 6) is 0.0726. The Hall–Kier alpha value is -2.29. The highest BCUT2D eigenvalue weighted by Crippen LogP contribution is 2.21. The number of hydrogen-bond donors (Lipinski definition) is 1. The van der Waals surface area contributed by atoms with Crippen molar-refractivity contribution in [3.63, 3.8) is 0 Å². The van der Waals surface area contributed by atoms with Crippen molar-refractivity contribution < 1.29 is 4.79 Å². The predicted octanol–water partition coefficient (Wildman–Crippen LogP) is 4.41. The molecular weight excluding hydrogens is 284 g/mol. The molecule has 3 nitrogen and oxygen atoms in total. The van der Waals surface area contributed by atoms with Crippen LogP contribution in [0, 0.1) is 6.92 Å². The van der Waals surface area contributed by atoms with Crippen molar-refractivity contribution in [2.45, 2.75) is 33.6 Å². The first-order valence-electron chi connectivity index (χ1n) is 8.34. The van der Waals surface area contributed by atoms with E-state index < -0.39 is 0 Å². The number of hydrogen-bond acceptors (Lipinski definition) is 2. The molecule has 0 unspecified atom stereocenters. The van der Waals surface area contributed by atoms with Crippen molar-refractivity contribution in [1.82, 2.24) is 0 Å². The lowest BCUT2D eigenvalue weighted by Gasteiger charge is -2.23. The second-order valence-electron chi connectivity index (χ2n) is 5.68. The zero-order chi connectivity index (χ0) is 16.7. The molecule has 23 heavy (non-hydrogen) atoms. The Morgan fingerprint density at radius 3 is 2.43 bits per heavy atom. The number of nitrogens with one attached hydrogen (secondary N) is 1. The summed E-state index contributed by atoms with van der Waals surface area (Å²) >= 11 is 0. The van der Waals surface area contributed by atoms with E-state index in [4.69, 9.17) is 0 Å². The SMILES string of the molecule is CCc1cccc(C)c1NC(=O)CCN(CC)c1ccccc1. The number of benzene rings is 2. The zero-order valence-electron chi connectivity index (χ0n) is 14.3. The molecule has 0 bridgehead atoms. The molecule has 2 aromatic rings. The van der Waals surface area contributed by atoms with E-state index in [0.29, 0.717) is 6.42 Å². The van der Waals surface area contributed by atoms with E-state index in [9.17, 15) is 4.79 Å². The molecule has 1 N–H and O–H groups in total. The van der Waals surface area contributed by atoms with Gasteiger partial charge in [-0.15, -0.1) is 0 Å². The first-order chi connectivity index (χ1) is 11.2. The van der Waals surface area contributed by atoms with Crippen molar-refractivity contribution in [3.8, 4) is 0 Å². The first-order valence-corrected chi connectivity index (χ1v) is 8.34. The molecule has 0 saturated carbocycles. The van der Waals surface area contributed by atoms with Crippen LogP contribution in [0.15, 0.2) is 48.5 Å². The largest absolute Gasteiger partial charge is 0.371 e.